The van der Waals surface area contributed by atoms with Gasteiger partial charge in [-0.05, 0) is 31.1 Å². The number of anilines is 2. The zero-order valence-electron chi connectivity index (χ0n) is 15.5. The Labute approximate surface area is 167 Å². The first kappa shape index (κ1) is 18.1. The van der Waals surface area contributed by atoms with E-state index < -0.39 is 11.6 Å². The number of aromatic hydroxyl groups is 2. The van der Waals surface area contributed by atoms with Gasteiger partial charge in [-0.3, -0.25) is 9.98 Å². The average Bonchev–Trinajstić information content (AvgIpc) is 3.34. The molecule has 0 aliphatic heterocycles. The lowest BCUT2D eigenvalue weighted by Gasteiger charge is -2.07. The van der Waals surface area contributed by atoms with E-state index in [1.807, 2.05) is 0 Å². The van der Waals surface area contributed by atoms with Crippen molar-refractivity contribution < 1.29 is 19.0 Å². The lowest BCUT2D eigenvalue weighted by Crippen LogP contribution is -2.19. The SMILES string of the molecule is Oc1cc(C=c2cnn3c(=NC4CC4)cc(Nc4ccc(F)c(F)c4)nc23)c(O)[nH]1. The summed E-state index contributed by atoms with van der Waals surface area (Å²) in [7, 11) is 0. The highest BCUT2D eigenvalue weighted by Gasteiger charge is 2.20. The number of halogens is 2. The summed E-state index contributed by atoms with van der Waals surface area (Å²) in [4.78, 5) is 11.6. The van der Waals surface area contributed by atoms with Gasteiger partial charge in [0, 0.05) is 34.7 Å². The van der Waals surface area contributed by atoms with Gasteiger partial charge in [0.25, 0.3) is 0 Å². The maximum atomic E-state index is 13.6. The molecular weight excluding hydrogens is 394 g/mol. The minimum atomic E-state index is -0.968. The van der Waals surface area contributed by atoms with E-state index in [1.165, 1.54) is 12.1 Å². The molecule has 1 saturated carbocycles. The van der Waals surface area contributed by atoms with E-state index in [1.54, 1.807) is 22.9 Å². The maximum Gasteiger partial charge on any atom is 0.198 e. The van der Waals surface area contributed by atoms with Crippen LogP contribution in [-0.2, 0) is 0 Å². The summed E-state index contributed by atoms with van der Waals surface area (Å²) in [5.41, 5.74) is 1.71. The van der Waals surface area contributed by atoms with Crippen molar-refractivity contribution in [1.82, 2.24) is 19.6 Å². The van der Waals surface area contributed by atoms with Crippen LogP contribution in [0.3, 0.4) is 0 Å². The number of nitrogens with zero attached hydrogens (tertiary/aromatic N) is 4. The van der Waals surface area contributed by atoms with Gasteiger partial charge in [-0.15, -0.1) is 0 Å². The largest absolute Gasteiger partial charge is 0.494 e. The third-order valence-corrected chi connectivity index (χ3v) is 4.66. The Hall–Kier alpha value is -3.95. The molecule has 0 spiro atoms. The molecule has 10 heteroatoms. The van der Waals surface area contributed by atoms with Crippen LogP contribution in [0.25, 0.3) is 11.7 Å². The number of aromatic amines is 1. The average molecular weight is 410 g/mol. The molecule has 4 N–H and O–H groups in total. The summed E-state index contributed by atoms with van der Waals surface area (Å²) in [6.45, 7) is 0. The van der Waals surface area contributed by atoms with Gasteiger partial charge in [-0.2, -0.15) is 9.61 Å². The third-order valence-electron chi connectivity index (χ3n) is 4.66. The van der Waals surface area contributed by atoms with E-state index in [-0.39, 0.29) is 17.8 Å². The van der Waals surface area contributed by atoms with Crippen molar-refractivity contribution in [2.45, 2.75) is 18.9 Å². The Bertz CT molecular complexity index is 1390. The monoisotopic (exact) mass is 410 g/mol. The van der Waals surface area contributed by atoms with Crippen LogP contribution in [0.4, 0.5) is 20.3 Å². The summed E-state index contributed by atoms with van der Waals surface area (Å²) < 4.78 is 28.4. The van der Waals surface area contributed by atoms with Gasteiger partial charge in [0.2, 0.25) is 0 Å². The Morgan fingerprint density at radius 3 is 2.70 bits per heavy atom. The van der Waals surface area contributed by atoms with Crippen molar-refractivity contribution in [3.05, 3.63) is 64.4 Å². The maximum absolute atomic E-state index is 13.6. The molecule has 8 nitrogen and oxygen atoms in total. The molecule has 0 bridgehead atoms. The van der Waals surface area contributed by atoms with Crippen molar-refractivity contribution in [2.24, 2.45) is 4.99 Å². The molecule has 0 amide bonds. The van der Waals surface area contributed by atoms with Crippen LogP contribution in [0, 0.1) is 11.6 Å². The Kier molecular flexibility index (Phi) is 4.12. The van der Waals surface area contributed by atoms with Crippen molar-refractivity contribution in [3.8, 4) is 11.8 Å². The van der Waals surface area contributed by atoms with Gasteiger partial charge in [0.1, 0.15) is 5.82 Å². The van der Waals surface area contributed by atoms with E-state index in [0.717, 1.165) is 25.0 Å². The molecule has 3 aromatic heterocycles. The number of hydrogen-bond acceptors (Lipinski definition) is 6. The normalized spacial score (nSPS) is 15.3. The molecule has 0 atom stereocenters. The van der Waals surface area contributed by atoms with Crippen molar-refractivity contribution >= 4 is 23.2 Å². The molecule has 4 aromatic rings. The molecular formula is C20H16F2N6O2. The van der Waals surface area contributed by atoms with Crippen LogP contribution < -0.4 is 16.0 Å². The molecule has 3 heterocycles. The van der Waals surface area contributed by atoms with E-state index >= 15 is 0 Å². The fourth-order valence-electron chi connectivity index (χ4n) is 3.06. The molecule has 0 radical (unpaired) electrons. The topological polar surface area (TPSA) is 111 Å². The van der Waals surface area contributed by atoms with Crippen LogP contribution in [-0.4, -0.2) is 35.8 Å². The second-order valence-electron chi connectivity index (χ2n) is 7.05. The summed E-state index contributed by atoms with van der Waals surface area (Å²) >= 11 is 0. The predicted molar refractivity (Wildman–Crippen MR) is 104 cm³/mol. The fraction of sp³-hybridized carbons (Fsp3) is 0.150. The summed E-state index contributed by atoms with van der Waals surface area (Å²) in [6, 6.07) is 6.76. The minimum Gasteiger partial charge on any atom is -0.494 e. The zero-order chi connectivity index (χ0) is 20.8. The summed E-state index contributed by atoms with van der Waals surface area (Å²) in [6.07, 6.45) is 5.17. The minimum absolute atomic E-state index is 0.173. The van der Waals surface area contributed by atoms with E-state index in [4.69, 9.17) is 0 Å². The lowest BCUT2D eigenvalue weighted by atomic mass is 10.2. The van der Waals surface area contributed by atoms with Gasteiger partial charge < -0.3 is 15.5 Å². The summed E-state index contributed by atoms with van der Waals surface area (Å²) in [5.74, 6) is -1.89. The van der Waals surface area contributed by atoms with E-state index in [0.29, 0.717) is 33.4 Å². The number of nitrogens with one attached hydrogen (secondary N) is 2. The molecule has 1 fully saturated rings. The Morgan fingerprint density at radius 2 is 2.00 bits per heavy atom. The van der Waals surface area contributed by atoms with Gasteiger partial charge in [-0.25, -0.2) is 13.8 Å². The Morgan fingerprint density at radius 1 is 1.17 bits per heavy atom. The zero-order valence-corrected chi connectivity index (χ0v) is 15.5. The number of rotatable bonds is 4. The van der Waals surface area contributed by atoms with Crippen LogP contribution in [0.5, 0.6) is 11.8 Å². The number of hydrogen-bond donors (Lipinski definition) is 4. The van der Waals surface area contributed by atoms with E-state index in [9.17, 15) is 19.0 Å². The smallest absolute Gasteiger partial charge is 0.198 e. The number of aromatic nitrogens is 4. The molecule has 152 valence electrons. The van der Waals surface area contributed by atoms with Crippen LogP contribution in [0.2, 0.25) is 0 Å². The molecule has 0 unspecified atom stereocenters. The van der Waals surface area contributed by atoms with Crippen LogP contribution in [0.15, 0.2) is 41.5 Å². The molecule has 30 heavy (non-hydrogen) atoms. The van der Waals surface area contributed by atoms with Gasteiger partial charge in [0.05, 0.1) is 12.2 Å². The first-order chi connectivity index (χ1) is 14.5. The van der Waals surface area contributed by atoms with Gasteiger partial charge in [0.15, 0.2) is 34.5 Å². The second kappa shape index (κ2) is 6.83. The quantitative estimate of drug-likeness (QED) is 0.412. The summed E-state index contributed by atoms with van der Waals surface area (Å²) in [5, 5.41) is 27.3. The standard InChI is InChI=1S/C20H16F2N6O2/c21-14-4-3-13(7-15(14)22)24-16-8-17(25-12-1-2-12)28-19(26-16)11(9-23-28)5-10-6-18(29)27-20(10)30/h3-9,12,24,27,29-30H,1-2H2. The lowest BCUT2D eigenvalue weighted by molar-refractivity contribution is 0.425. The number of H-pyrrole nitrogens is 1. The van der Waals surface area contributed by atoms with E-state index in [2.05, 4.69) is 25.4 Å². The third kappa shape index (κ3) is 3.43. The first-order valence-electron chi connectivity index (χ1n) is 9.23. The fourth-order valence-corrected chi connectivity index (χ4v) is 3.06. The van der Waals surface area contributed by atoms with Crippen LogP contribution >= 0.6 is 0 Å². The molecule has 1 aliphatic rings. The highest BCUT2D eigenvalue weighted by Crippen LogP contribution is 2.23. The van der Waals surface area contributed by atoms with Crippen molar-refractivity contribution in [2.75, 3.05) is 5.32 Å². The number of fused-ring (bicyclic) bond motifs is 1. The van der Waals surface area contributed by atoms with Crippen molar-refractivity contribution in [3.63, 3.8) is 0 Å². The highest BCUT2D eigenvalue weighted by molar-refractivity contribution is 5.63. The molecule has 0 saturated heterocycles. The first-order valence-corrected chi connectivity index (χ1v) is 9.23. The highest BCUT2D eigenvalue weighted by atomic mass is 19.2. The van der Waals surface area contributed by atoms with Crippen molar-refractivity contribution in [1.29, 1.82) is 0 Å². The number of benzene rings is 1. The molecule has 1 aromatic carbocycles. The molecule has 1 aliphatic carbocycles. The second-order valence-corrected chi connectivity index (χ2v) is 7.05. The Balaban J connectivity index is 1.66. The van der Waals surface area contributed by atoms with Gasteiger partial charge in [-0.1, -0.05) is 0 Å². The van der Waals surface area contributed by atoms with Crippen LogP contribution in [0.1, 0.15) is 18.4 Å². The predicted octanol–water partition coefficient (Wildman–Crippen LogP) is 2.10. The van der Waals surface area contributed by atoms with Gasteiger partial charge >= 0.3 is 0 Å². The molecule has 5 rings (SSSR count).